The number of rotatable bonds is 56. The fraction of sp³-hybridized carbons (Fsp3) is 0.773. The molecule has 6 heteroatoms. The Hall–Kier alpha value is -3.15. The third-order valence-electron chi connectivity index (χ3n) is 13.5. The van der Waals surface area contributed by atoms with E-state index in [0.717, 1.165) is 103 Å². The molecule has 0 saturated heterocycles. The van der Waals surface area contributed by atoms with Crippen molar-refractivity contribution >= 4 is 17.9 Å². The van der Waals surface area contributed by atoms with Crippen LogP contribution in [0.3, 0.4) is 0 Å². The molecule has 0 saturated carbocycles. The van der Waals surface area contributed by atoms with Gasteiger partial charge in [0.05, 0.1) is 0 Å². The lowest BCUT2D eigenvalue weighted by atomic mass is 10.0. The summed E-state index contributed by atoms with van der Waals surface area (Å²) in [6.45, 7) is 6.47. The molecule has 0 radical (unpaired) electrons. The summed E-state index contributed by atoms with van der Waals surface area (Å²) in [6.07, 6.45) is 78.2. The molecule has 6 nitrogen and oxygen atoms in total. The molecule has 1 unspecified atom stereocenters. The molecule has 0 aromatic heterocycles. The summed E-state index contributed by atoms with van der Waals surface area (Å²) in [5.74, 6) is -0.871. The first-order valence-electron chi connectivity index (χ1n) is 30.9. The van der Waals surface area contributed by atoms with E-state index in [1.807, 2.05) is 0 Å². The van der Waals surface area contributed by atoms with Crippen LogP contribution in [-0.2, 0) is 28.6 Å². The summed E-state index contributed by atoms with van der Waals surface area (Å²) in [7, 11) is 0. The van der Waals surface area contributed by atoms with Crippen LogP contribution in [0.15, 0.2) is 72.9 Å². The Balaban J connectivity index is 3.91. The molecule has 0 aliphatic rings. The molecular weight excluding hydrogens is 889 g/mol. The van der Waals surface area contributed by atoms with Gasteiger partial charge in [0.15, 0.2) is 6.10 Å². The smallest absolute Gasteiger partial charge is 0.306 e. The summed E-state index contributed by atoms with van der Waals surface area (Å²) >= 11 is 0. The van der Waals surface area contributed by atoms with Crippen molar-refractivity contribution in [3.63, 3.8) is 0 Å². The molecule has 1 atom stereocenters. The molecule has 0 aliphatic carbocycles. The maximum atomic E-state index is 12.8. The van der Waals surface area contributed by atoms with Gasteiger partial charge >= 0.3 is 17.9 Å². The van der Waals surface area contributed by atoms with Crippen LogP contribution in [-0.4, -0.2) is 37.2 Å². The lowest BCUT2D eigenvalue weighted by molar-refractivity contribution is -0.167. The van der Waals surface area contributed by atoms with Gasteiger partial charge in [-0.25, -0.2) is 0 Å². The first kappa shape index (κ1) is 68.8. The lowest BCUT2D eigenvalue weighted by Crippen LogP contribution is -2.30. The SMILES string of the molecule is CC/C=C\C/C=C\C/C=C\C/C=C\C/C=C\C/C=C\CCCCCCCCCCCCCCCCCCC(=O)OCC(COC(=O)CCCCCCC)OC(=O)CCCCCCCCCCCCCCCC. The van der Waals surface area contributed by atoms with Crippen LogP contribution in [0, 0.1) is 0 Å². The number of ether oxygens (including phenoxy) is 3. The lowest BCUT2D eigenvalue weighted by Gasteiger charge is -2.18. The van der Waals surface area contributed by atoms with E-state index in [-0.39, 0.29) is 31.1 Å². The van der Waals surface area contributed by atoms with Crippen molar-refractivity contribution in [3.05, 3.63) is 72.9 Å². The van der Waals surface area contributed by atoms with Gasteiger partial charge in [-0.05, 0) is 70.6 Å². The van der Waals surface area contributed by atoms with Crippen LogP contribution in [0.4, 0.5) is 0 Å². The van der Waals surface area contributed by atoms with Crippen molar-refractivity contribution < 1.29 is 28.6 Å². The van der Waals surface area contributed by atoms with Crippen molar-refractivity contribution in [1.82, 2.24) is 0 Å². The Labute approximate surface area is 446 Å². The minimum atomic E-state index is -0.766. The fourth-order valence-electron chi connectivity index (χ4n) is 8.86. The summed E-state index contributed by atoms with van der Waals surface area (Å²) in [4.78, 5) is 37.8. The average Bonchev–Trinajstić information content (AvgIpc) is 3.38. The van der Waals surface area contributed by atoms with Gasteiger partial charge in [0, 0.05) is 19.3 Å². The highest BCUT2D eigenvalue weighted by atomic mass is 16.6. The Morgan fingerprint density at radius 1 is 0.292 bits per heavy atom. The number of hydrogen-bond donors (Lipinski definition) is 0. The predicted octanol–water partition coefficient (Wildman–Crippen LogP) is 20.9. The molecule has 72 heavy (non-hydrogen) atoms. The molecule has 0 aliphatic heterocycles. The molecule has 0 heterocycles. The third kappa shape index (κ3) is 57.7. The quantitative estimate of drug-likeness (QED) is 0.0261. The van der Waals surface area contributed by atoms with E-state index in [1.165, 1.54) is 167 Å². The first-order chi connectivity index (χ1) is 35.5. The summed E-state index contributed by atoms with van der Waals surface area (Å²) in [6, 6.07) is 0. The second kappa shape index (κ2) is 60.4. The molecule has 0 spiro atoms. The molecule has 0 N–H and O–H groups in total. The zero-order chi connectivity index (χ0) is 52.2. The van der Waals surface area contributed by atoms with E-state index in [0.29, 0.717) is 19.3 Å². The highest BCUT2D eigenvalue weighted by Crippen LogP contribution is 2.17. The van der Waals surface area contributed by atoms with Gasteiger partial charge in [0.2, 0.25) is 0 Å². The standard InChI is InChI=1S/C66H116O6/c1-4-7-10-13-15-17-19-21-23-24-25-26-27-28-29-30-31-32-33-34-35-36-37-38-39-40-41-42-43-45-46-48-50-53-56-59-65(68)71-62-63(61-70-64(67)58-55-52-12-9-6-3)72-66(69)60-57-54-51-49-47-44-22-20-18-16-14-11-8-5-2/h7,10,15,17,21,23,25-26,28-29,31-32,63H,4-6,8-9,11-14,16,18-20,22,24,27,30,33-62H2,1-3H3/b10-7-,17-15-,23-21-,26-25-,29-28-,32-31-. The Morgan fingerprint density at radius 3 is 0.847 bits per heavy atom. The topological polar surface area (TPSA) is 78.9 Å². The van der Waals surface area contributed by atoms with Gasteiger partial charge in [0.1, 0.15) is 13.2 Å². The number of allylic oxidation sites excluding steroid dienone is 12. The van der Waals surface area contributed by atoms with E-state index in [1.54, 1.807) is 0 Å². The van der Waals surface area contributed by atoms with Gasteiger partial charge in [-0.3, -0.25) is 14.4 Å². The van der Waals surface area contributed by atoms with Gasteiger partial charge in [-0.1, -0.05) is 293 Å². The van der Waals surface area contributed by atoms with Crippen LogP contribution < -0.4 is 0 Å². The maximum Gasteiger partial charge on any atom is 0.306 e. The Morgan fingerprint density at radius 2 is 0.542 bits per heavy atom. The van der Waals surface area contributed by atoms with Crippen LogP contribution in [0.25, 0.3) is 0 Å². The number of carbonyl (C=O) groups is 3. The molecule has 416 valence electrons. The number of hydrogen-bond acceptors (Lipinski definition) is 6. The summed E-state index contributed by atoms with van der Waals surface area (Å²) in [5, 5.41) is 0. The van der Waals surface area contributed by atoms with Gasteiger partial charge in [-0.15, -0.1) is 0 Å². The van der Waals surface area contributed by atoms with E-state index >= 15 is 0 Å². The largest absolute Gasteiger partial charge is 0.462 e. The number of unbranched alkanes of at least 4 members (excludes halogenated alkanes) is 33. The van der Waals surface area contributed by atoms with Crippen LogP contribution in [0.5, 0.6) is 0 Å². The summed E-state index contributed by atoms with van der Waals surface area (Å²) < 4.78 is 16.7. The van der Waals surface area contributed by atoms with Crippen molar-refractivity contribution in [2.45, 2.75) is 316 Å². The Kier molecular flexibility index (Phi) is 57.8. The molecular formula is C66H116O6. The molecule has 0 amide bonds. The second-order valence-electron chi connectivity index (χ2n) is 20.6. The number of carbonyl (C=O) groups excluding carboxylic acids is 3. The predicted molar refractivity (Wildman–Crippen MR) is 311 cm³/mol. The zero-order valence-corrected chi connectivity index (χ0v) is 47.7. The molecule has 0 rings (SSSR count). The van der Waals surface area contributed by atoms with Crippen molar-refractivity contribution in [3.8, 4) is 0 Å². The van der Waals surface area contributed by atoms with Gasteiger partial charge < -0.3 is 14.2 Å². The molecule has 0 aromatic rings. The minimum Gasteiger partial charge on any atom is -0.462 e. The zero-order valence-electron chi connectivity index (χ0n) is 47.7. The molecule has 0 aromatic carbocycles. The average molecular weight is 1010 g/mol. The van der Waals surface area contributed by atoms with Gasteiger partial charge in [0.25, 0.3) is 0 Å². The second-order valence-corrected chi connectivity index (χ2v) is 20.6. The Bertz CT molecular complexity index is 1340. The molecule has 0 fully saturated rings. The summed E-state index contributed by atoms with van der Waals surface area (Å²) in [5.41, 5.74) is 0. The fourth-order valence-corrected chi connectivity index (χ4v) is 8.86. The van der Waals surface area contributed by atoms with Crippen LogP contribution in [0.2, 0.25) is 0 Å². The van der Waals surface area contributed by atoms with E-state index in [9.17, 15) is 14.4 Å². The van der Waals surface area contributed by atoms with Crippen LogP contribution >= 0.6 is 0 Å². The maximum absolute atomic E-state index is 12.8. The monoisotopic (exact) mass is 1000 g/mol. The van der Waals surface area contributed by atoms with E-state index < -0.39 is 6.10 Å². The molecule has 0 bridgehead atoms. The minimum absolute atomic E-state index is 0.0700. The van der Waals surface area contributed by atoms with Crippen molar-refractivity contribution in [1.29, 1.82) is 0 Å². The van der Waals surface area contributed by atoms with Crippen molar-refractivity contribution in [2.75, 3.05) is 13.2 Å². The normalized spacial score (nSPS) is 12.5. The van der Waals surface area contributed by atoms with E-state index in [2.05, 4.69) is 93.7 Å². The highest BCUT2D eigenvalue weighted by Gasteiger charge is 2.19. The van der Waals surface area contributed by atoms with Crippen molar-refractivity contribution in [2.24, 2.45) is 0 Å². The third-order valence-corrected chi connectivity index (χ3v) is 13.5. The first-order valence-corrected chi connectivity index (χ1v) is 30.9. The van der Waals surface area contributed by atoms with Crippen LogP contribution in [0.1, 0.15) is 310 Å². The highest BCUT2D eigenvalue weighted by molar-refractivity contribution is 5.71. The van der Waals surface area contributed by atoms with Gasteiger partial charge in [-0.2, -0.15) is 0 Å². The van der Waals surface area contributed by atoms with E-state index in [4.69, 9.17) is 14.2 Å². The number of esters is 3.